The van der Waals surface area contributed by atoms with Gasteiger partial charge in [-0.3, -0.25) is 0 Å². The Morgan fingerprint density at radius 2 is 1.67 bits per heavy atom. The quantitative estimate of drug-likeness (QED) is 0.503. The molecular formula is C16H11Cl2NS2. The fraction of sp³-hybridized carbons (Fsp3) is 0.0625. The summed E-state index contributed by atoms with van der Waals surface area (Å²) in [4.78, 5) is 4.65. The normalized spacial score (nSPS) is 10.8. The second-order valence-corrected chi connectivity index (χ2v) is 7.25. The van der Waals surface area contributed by atoms with Crippen LogP contribution < -0.4 is 0 Å². The van der Waals surface area contributed by atoms with Crippen molar-refractivity contribution in [3.05, 3.63) is 69.5 Å². The van der Waals surface area contributed by atoms with E-state index in [4.69, 9.17) is 23.2 Å². The van der Waals surface area contributed by atoms with Crippen molar-refractivity contribution < 1.29 is 0 Å². The number of rotatable bonds is 4. The molecule has 0 bridgehead atoms. The Kier molecular flexibility index (Phi) is 4.86. The highest BCUT2D eigenvalue weighted by molar-refractivity contribution is 8.00. The van der Waals surface area contributed by atoms with Crippen LogP contribution >= 0.6 is 46.3 Å². The molecule has 0 saturated heterocycles. The first-order valence-electron chi connectivity index (χ1n) is 6.30. The lowest BCUT2D eigenvalue weighted by molar-refractivity contribution is 1.24. The van der Waals surface area contributed by atoms with Crippen LogP contribution in [0, 0.1) is 0 Å². The topological polar surface area (TPSA) is 12.9 Å². The predicted octanol–water partition coefficient (Wildman–Crippen LogP) is 6.41. The van der Waals surface area contributed by atoms with Crippen molar-refractivity contribution in [2.24, 2.45) is 0 Å². The molecule has 1 heterocycles. The molecule has 0 aliphatic rings. The number of hydrogen-bond acceptors (Lipinski definition) is 3. The maximum atomic E-state index is 6.18. The van der Waals surface area contributed by atoms with Gasteiger partial charge in [0.25, 0.3) is 0 Å². The molecule has 3 rings (SSSR count). The largest absolute Gasteiger partial charge is 0.230 e. The summed E-state index contributed by atoms with van der Waals surface area (Å²) in [6.07, 6.45) is 0. The molecular weight excluding hydrogens is 341 g/mol. The lowest BCUT2D eigenvalue weighted by atomic mass is 10.2. The number of thioether (sulfide) groups is 1. The van der Waals surface area contributed by atoms with Gasteiger partial charge in [0.1, 0.15) is 0 Å². The SMILES string of the molecule is Clc1cccc(Cl)c1CSc1nc(-c2ccccc2)cs1. The van der Waals surface area contributed by atoms with Crippen LogP contribution in [0.4, 0.5) is 0 Å². The Morgan fingerprint density at radius 1 is 0.952 bits per heavy atom. The molecule has 0 fully saturated rings. The second-order valence-electron chi connectivity index (χ2n) is 4.35. The first-order chi connectivity index (χ1) is 10.2. The molecule has 5 heteroatoms. The number of halogens is 2. The number of nitrogens with zero attached hydrogens (tertiary/aromatic N) is 1. The van der Waals surface area contributed by atoms with Gasteiger partial charge in [-0.05, 0) is 17.7 Å². The van der Waals surface area contributed by atoms with Gasteiger partial charge in [0.05, 0.1) is 5.69 Å². The molecule has 2 aromatic carbocycles. The van der Waals surface area contributed by atoms with Crippen molar-refractivity contribution >= 4 is 46.3 Å². The maximum Gasteiger partial charge on any atom is 0.150 e. The highest BCUT2D eigenvalue weighted by atomic mass is 35.5. The van der Waals surface area contributed by atoms with E-state index in [1.807, 2.05) is 36.4 Å². The molecule has 0 unspecified atom stereocenters. The van der Waals surface area contributed by atoms with E-state index in [2.05, 4.69) is 22.5 Å². The average Bonchev–Trinajstić information content (AvgIpc) is 2.97. The summed E-state index contributed by atoms with van der Waals surface area (Å²) in [5, 5.41) is 3.48. The van der Waals surface area contributed by atoms with Crippen molar-refractivity contribution in [3.8, 4) is 11.3 Å². The standard InChI is InChI=1S/C16H11Cl2NS2/c17-13-7-4-8-14(18)12(13)9-20-16-19-15(10-21-16)11-5-2-1-3-6-11/h1-8,10H,9H2. The third-order valence-corrected chi connectivity index (χ3v) is 5.71. The molecule has 0 N–H and O–H groups in total. The van der Waals surface area contributed by atoms with Crippen molar-refractivity contribution in [2.75, 3.05) is 0 Å². The first kappa shape index (κ1) is 14.9. The van der Waals surface area contributed by atoms with Crippen molar-refractivity contribution in [3.63, 3.8) is 0 Å². The van der Waals surface area contributed by atoms with Crippen LogP contribution in [0.3, 0.4) is 0 Å². The van der Waals surface area contributed by atoms with Crippen LogP contribution in [-0.2, 0) is 5.75 Å². The van der Waals surface area contributed by atoms with E-state index in [1.54, 1.807) is 23.1 Å². The van der Waals surface area contributed by atoms with E-state index < -0.39 is 0 Å². The highest BCUT2D eigenvalue weighted by Gasteiger charge is 2.09. The van der Waals surface area contributed by atoms with E-state index in [0.717, 1.165) is 26.9 Å². The zero-order valence-electron chi connectivity index (χ0n) is 10.9. The minimum Gasteiger partial charge on any atom is -0.230 e. The summed E-state index contributed by atoms with van der Waals surface area (Å²) >= 11 is 15.7. The van der Waals surface area contributed by atoms with Crippen LogP contribution in [0.25, 0.3) is 11.3 Å². The molecule has 0 aliphatic heterocycles. The van der Waals surface area contributed by atoms with E-state index in [1.165, 1.54) is 0 Å². The summed E-state index contributed by atoms with van der Waals surface area (Å²) < 4.78 is 1.02. The predicted molar refractivity (Wildman–Crippen MR) is 93.6 cm³/mol. The molecule has 0 aliphatic carbocycles. The zero-order valence-corrected chi connectivity index (χ0v) is 14.1. The van der Waals surface area contributed by atoms with Gasteiger partial charge in [0.2, 0.25) is 0 Å². The maximum absolute atomic E-state index is 6.18. The first-order valence-corrected chi connectivity index (χ1v) is 8.93. The van der Waals surface area contributed by atoms with Crippen LogP contribution in [0.2, 0.25) is 10.0 Å². The van der Waals surface area contributed by atoms with Crippen molar-refractivity contribution in [2.45, 2.75) is 10.1 Å². The minimum absolute atomic E-state index is 0.704. The third kappa shape index (κ3) is 3.61. The Hall–Kier alpha value is -1.00. The van der Waals surface area contributed by atoms with Crippen molar-refractivity contribution in [1.29, 1.82) is 0 Å². The molecule has 3 aromatic rings. The second kappa shape index (κ2) is 6.84. The molecule has 0 saturated carbocycles. The molecule has 21 heavy (non-hydrogen) atoms. The Bertz CT molecular complexity index is 721. The van der Waals surface area contributed by atoms with Gasteiger partial charge in [0, 0.05) is 26.7 Å². The van der Waals surface area contributed by atoms with Crippen LogP contribution in [0.1, 0.15) is 5.56 Å². The molecule has 106 valence electrons. The van der Waals surface area contributed by atoms with Gasteiger partial charge in [-0.25, -0.2) is 4.98 Å². The molecule has 0 radical (unpaired) electrons. The van der Waals surface area contributed by atoms with Crippen molar-refractivity contribution in [1.82, 2.24) is 4.98 Å². The Balaban J connectivity index is 1.74. The van der Waals surface area contributed by atoms with Gasteiger partial charge < -0.3 is 0 Å². The summed E-state index contributed by atoms with van der Waals surface area (Å²) in [5.41, 5.74) is 3.10. The molecule has 1 aromatic heterocycles. The van der Waals surface area contributed by atoms with Crippen LogP contribution in [0.15, 0.2) is 58.3 Å². The fourth-order valence-electron chi connectivity index (χ4n) is 1.87. The van der Waals surface area contributed by atoms with Gasteiger partial charge in [-0.1, -0.05) is 71.4 Å². The Morgan fingerprint density at radius 3 is 2.38 bits per heavy atom. The molecule has 0 amide bonds. The molecule has 0 spiro atoms. The fourth-order valence-corrected chi connectivity index (χ4v) is 4.45. The smallest absolute Gasteiger partial charge is 0.150 e. The lowest BCUT2D eigenvalue weighted by Crippen LogP contribution is -1.84. The summed E-state index contributed by atoms with van der Waals surface area (Å²) in [6, 6.07) is 15.8. The number of hydrogen-bond donors (Lipinski definition) is 0. The van der Waals surface area contributed by atoms with Crippen LogP contribution in [0.5, 0.6) is 0 Å². The average molecular weight is 352 g/mol. The summed E-state index contributed by atoms with van der Waals surface area (Å²) in [6.45, 7) is 0. The monoisotopic (exact) mass is 351 g/mol. The van der Waals surface area contributed by atoms with Gasteiger partial charge >= 0.3 is 0 Å². The van der Waals surface area contributed by atoms with Gasteiger partial charge in [-0.15, -0.1) is 11.3 Å². The highest BCUT2D eigenvalue weighted by Crippen LogP contribution is 2.34. The summed E-state index contributed by atoms with van der Waals surface area (Å²) in [7, 11) is 0. The van der Waals surface area contributed by atoms with E-state index in [-0.39, 0.29) is 0 Å². The van der Waals surface area contributed by atoms with Crippen LogP contribution in [-0.4, -0.2) is 4.98 Å². The number of thiazole rings is 1. The third-order valence-electron chi connectivity index (χ3n) is 2.95. The molecule has 0 atom stereocenters. The van der Waals surface area contributed by atoms with E-state index in [0.29, 0.717) is 10.0 Å². The summed E-state index contributed by atoms with van der Waals surface area (Å²) in [5.74, 6) is 0.722. The van der Waals surface area contributed by atoms with E-state index in [9.17, 15) is 0 Å². The number of aromatic nitrogens is 1. The minimum atomic E-state index is 0.704. The van der Waals surface area contributed by atoms with E-state index >= 15 is 0 Å². The molecule has 1 nitrogen and oxygen atoms in total. The lowest BCUT2D eigenvalue weighted by Gasteiger charge is -2.04. The number of benzene rings is 2. The Labute approximate surface area is 142 Å². The van der Waals surface area contributed by atoms with Gasteiger partial charge in [-0.2, -0.15) is 0 Å². The van der Waals surface area contributed by atoms with Gasteiger partial charge in [0.15, 0.2) is 4.34 Å². The zero-order chi connectivity index (χ0) is 14.7.